The lowest BCUT2D eigenvalue weighted by atomic mass is 10.0. The molecule has 0 saturated carbocycles. The van der Waals surface area contributed by atoms with Gasteiger partial charge in [-0.15, -0.1) is 0 Å². The number of esters is 1. The van der Waals surface area contributed by atoms with E-state index in [1.165, 1.54) is 7.11 Å². The number of carbonyl (C=O) groups is 1. The van der Waals surface area contributed by atoms with Crippen LogP contribution in [0.3, 0.4) is 0 Å². The highest BCUT2D eigenvalue weighted by Crippen LogP contribution is 2.20. The molecule has 1 fully saturated rings. The maximum Gasteiger partial charge on any atom is 0.333 e. The molecule has 1 aliphatic heterocycles. The van der Waals surface area contributed by atoms with Gasteiger partial charge in [-0.25, -0.2) is 4.79 Å². The molecule has 11 heavy (non-hydrogen) atoms. The summed E-state index contributed by atoms with van der Waals surface area (Å²) < 4.78 is 9.63. The molecule has 0 aromatic rings. The van der Waals surface area contributed by atoms with E-state index in [9.17, 15) is 4.79 Å². The minimum Gasteiger partial charge on any atom is -0.466 e. The molecule has 62 valence electrons. The highest BCUT2D eigenvalue weighted by molar-refractivity contribution is 5.88. The number of ether oxygens (including phenoxy) is 2. The van der Waals surface area contributed by atoms with Crippen LogP contribution in [-0.2, 0) is 14.3 Å². The Morgan fingerprint density at radius 2 is 2.45 bits per heavy atom. The number of hydrogen-bond acceptors (Lipinski definition) is 3. The lowest BCUT2D eigenvalue weighted by molar-refractivity contribution is -0.136. The minimum absolute atomic E-state index is 0.169. The van der Waals surface area contributed by atoms with Crippen molar-refractivity contribution in [3.63, 3.8) is 0 Å². The van der Waals surface area contributed by atoms with E-state index in [4.69, 9.17) is 4.74 Å². The van der Waals surface area contributed by atoms with Crippen molar-refractivity contribution in [3.05, 3.63) is 12.2 Å². The van der Waals surface area contributed by atoms with Crippen LogP contribution in [0.15, 0.2) is 12.2 Å². The lowest BCUT2D eigenvalue weighted by Gasteiger charge is -2.07. The predicted octanol–water partition coefficient (Wildman–Crippen LogP) is 0.752. The number of rotatable bonds is 2. The van der Waals surface area contributed by atoms with Gasteiger partial charge < -0.3 is 9.47 Å². The first-order valence-corrected chi connectivity index (χ1v) is 3.60. The van der Waals surface area contributed by atoms with Gasteiger partial charge in [0.15, 0.2) is 0 Å². The Kier molecular flexibility index (Phi) is 2.65. The fourth-order valence-electron chi connectivity index (χ4n) is 1.11. The number of hydrogen-bond donors (Lipinski definition) is 0. The molecule has 0 bridgehead atoms. The Hall–Kier alpha value is -0.830. The third kappa shape index (κ3) is 1.80. The monoisotopic (exact) mass is 156 g/mol. The second-order valence-electron chi connectivity index (χ2n) is 2.58. The molecular weight excluding hydrogens is 144 g/mol. The molecule has 0 N–H and O–H groups in total. The second-order valence-corrected chi connectivity index (χ2v) is 2.58. The summed E-state index contributed by atoms with van der Waals surface area (Å²) in [6.45, 7) is 4.98. The van der Waals surface area contributed by atoms with E-state index >= 15 is 0 Å². The van der Waals surface area contributed by atoms with Crippen LogP contribution in [0, 0.1) is 5.92 Å². The third-order valence-corrected chi connectivity index (χ3v) is 1.87. The van der Waals surface area contributed by atoms with Gasteiger partial charge in [-0.1, -0.05) is 6.58 Å². The molecule has 0 spiro atoms. The van der Waals surface area contributed by atoms with Crippen molar-refractivity contribution in [3.8, 4) is 0 Å². The zero-order valence-electron chi connectivity index (χ0n) is 6.63. The van der Waals surface area contributed by atoms with Crippen molar-refractivity contribution in [1.29, 1.82) is 0 Å². The van der Waals surface area contributed by atoms with E-state index in [0.717, 1.165) is 13.0 Å². The third-order valence-electron chi connectivity index (χ3n) is 1.87. The largest absolute Gasteiger partial charge is 0.466 e. The van der Waals surface area contributed by atoms with Gasteiger partial charge in [0, 0.05) is 18.1 Å². The molecule has 1 atom stereocenters. The first kappa shape index (κ1) is 8.27. The van der Waals surface area contributed by atoms with Crippen molar-refractivity contribution in [1.82, 2.24) is 0 Å². The van der Waals surface area contributed by atoms with Gasteiger partial charge in [0.2, 0.25) is 0 Å². The van der Waals surface area contributed by atoms with Gasteiger partial charge in [-0.05, 0) is 6.42 Å². The van der Waals surface area contributed by atoms with Gasteiger partial charge >= 0.3 is 5.97 Å². The molecule has 3 nitrogen and oxygen atoms in total. The fourth-order valence-corrected chi connectivity index (χ4v) is 1.11. The Morgan fingerprint density at radius 1 is 1.73 bits per heavy atom. The van der Waals surface area contributed by atoms with Crippen molar-refractivity contribution < 1.29 is 14.3 Å². The van der Waals surface area contributed by atoms with Crippen molar-refractivity contribution in [2.24, 2.45) is 5.92 Å². The maximum absolute atomic E-state index is 10.9. The molecule has 1 rings (SSSR count). The SMILES string of the molecule is C=C(C(=O)OC)[C@H]1CCOC1. The Balaban J connectivity index is 2.46. The summed E-state index contributed by atoms with van der Waals surface area (Å²) >= 11 is 0. The summed E-state index contributed by atoms with van der Waals surface area (Å²) in [4.78, 5) is 10.9. The molecule has 3 heteroatoms. The summed E-state index contributed by atoms with van der Waals surface area (Å²) in [5.74, 6) is -0.150. The van der Waals surface area contributed by atoms with E-state index in [1.807, 2.05) is 0 Å². The Labute approximate surface area is 66.0 Å². The van der Waals surface area contributed by atoms with E-state index in [2.05, 4.69) is 11.3 Å². The van der Waals surface area contributed by atoms with Crippen LogP contribution in [0.5, 0.6) is 0 Å². The van der Waals surface area contributed by atoms with E-state index in [0.29, 0.717) is 12.2 Å². The Bertz CT molecular complexity index is 168. The summed E-state index contributed by atoms with van der Waals surface area (Å²) in [6, 6.07) is 0. The van der Waals surface area contributed by atoms with Gasteiger partial charge in [0.25, 0.3) is 0 Å². The average molecular weight is 156 g/mol. The highest BCUT2D eigenvalue weighted by Gasteiger charge is 2.23. The van der Waals surface area contributed by atoms with E-state index < -0.39 is 0 Å². The van der Waals surface area contributed by atoms with Crippen LogP contribution in [0.2, 0.25) is 0 Å². The van der Waals surface area contributed by atoms with Crippen LogP contribution in [0.25, 0.3) is 0 Å². The van der Waals surface area contributed by atoms with E-state index in [-0.39, 0.29) is 11.9 Å². The summed E-state index contributed by atoms with van der Waals surface area (Å²) in [6.07, 6.45) is 0.883. The van der Waals surface area contributed by atoms with Crippen LogP contribution >= 0.6 is 0 Å². The minimum atomic E-state index is -0.319. The maximum atomic E-state index is 10.9. The quantitative estimate of drug-likeness (QED) is 0.437. The van der Waals surface area contributed by atoms with Crippen molar-refractivity contribution in [2.45, 2.75) is 6.42 Å². The van der Waals surface area contributed by atoms with Crippen LogP contribution < -0.4 is 0 Å². The van der Waals surface area contributed by atoms with Gasteiger partial charge in [0.05, 0.1) is 13.7 Å². The topological polar surface area (TPSA) is 35.5 Å². The molecule has 0 aromatic carbocycles. The number of carbonyl (C=O) groups excluding carboxylic acids is 1. The molecule has 1 heterocycles. The van der Waals surface area contributed by atoms with E-state index in [1.54, 1.807) is 0 Å². The average Bonchev–Trinajstić information content (AvgIpc) is 2.53. The summed E-state index contributed by atoms with van der Waals surface area (Å²) in [7, 11) is 1.36. The van der Waals surface area contributed by atoms with Gasteiger partial charge in [-0.3, -0.25) is 0 Å². The predicted molar refractivity (Wildman–Crippen MR) is 40.1 cm³/mol. The first-order valence-electron chi connectivity index (χ1n) is 3.60. The number of methoxy groups -OCH3 is 1. The molecule has 0 amide bonds. The van der Waals surface area contributed by atoms with Crippen molar-refractivity contribution in [2.75, 3.05) is 20.3 Å². The Morgan fingerprint density at radius 3 is 2.91 bits per heavy atom. The molecule has 1 saturated heterocycles. The fraction of sp³-hybridized carbons (Fsp3) is 0.625. The van der Waals surface area contributed by atoms with Crippen LogP contribution in [0.1, 0.15) is 6.42 Å². The van der Waals surface area contributed by atoms with Gasteiger partial charge in [-0.2, -0.15) is 0 Å². The zero-order valence-corrected chi connectivity index (χ0v) is 6.63. The molecule has 0 radical (unpaired) electrons. The molecule has 0 unspecified atom stereocenters. The normalized spacial score (nSPS) is 23.2. The van der Waals surface area contributed by atoms with Crippen LogP contribution in [-0.4, -0.2) is 26.3 Å². The first-order chi connectivity index (χ1) is 5.25. The van der Waals surface area contributed by atoms with Crippen LogP contribution in [0.4, 0.5) is 0 Å². The molecular formula is C8H12O3. The molecule has 1 aliphatic rings. The van der Waals surface area contributed by atoms with Crippen molar-refractivity contribution >= 4 is 5.97 Å². The van der Waals surface area contributed by atoms with Gasteiger partial charge in [0.1, 0.15) is 0 Å². The highest BCUT2D eigenvalue weighted by atomic mass is 16.5. The molecule has 0 aliphatic carbocycles. The summed E-state index contributed by atoms with van der Waals surface area (Å²) in [5, 5.41) is 0. The summed E-state index contributed by atoms with van der Waals surface area (Å²) in [5.41, 5.74) is 0.532. The second kappa shape index (κ2) is 3.53. The zero-order chi connectivity index (χ0) is 8.27. The standard InChI is InChI=1S/C8H12O3/c1-6(8(9)10-2)7-3-4-11-5-7/h7H,1,3-5H2,2H3/t7-/m0/s1. The molecule has 0 aromatic heterocycles. The lowest BCUT2D eigenvalue weighted by Crippen LogP contribution is -2.13. The smallest absolute Gasteiger partial charge is 0.333 e.